The number of aromatic nitrogens is 1. The molecule has 6 heteroatoms. The van der Waals surface area contributed by atoms with Crippen LogP contribution in [0.2, 0.25) is 0 Å². The summed E-state index contributed by atoms with van der Waals surface area (Å²) in [4.78, 5) is 18.7. The maximum Gasteiger partial charge on any atom is 0.243 e. The number of likely N-dealkylation sites (tertiary alicyclic amines) is 1. The number of hydrogen-bond donors (Lipinski definition) is 1. The molecule has 1 aromatic heterocycles. The number of hydrogen-bond acceptors (Lipinski definition) is 3. The number of rotatable bonds is 10. The number of halogens is 2. The lowest BCUT2D eigenvalue weighted by atomic mass is 9.88. The van der Waals surface area contributed by atoms with Crippen molar-refractivity contribution in [1.82, 2.24) is 15.2 Å². The van der Waals surface area contributed by atoms with E-state index in [1.54, 1.807) is 24.5 Å². The third kappa shape index (κ3) is 9.09. The molecular weight excluding hydrogens is 489 g/mol. The molecule has 4 nitrogen and oxygen atoms in total. The summed E-state index contributed by atoms with van der Waals surface area (Å²) in [6.07, 6.45) is 12.8. The number of nitrogens with zero attached hydrogens (tertiary/aromatic N) is 2. The van der Waals surface area contributed by atoms with Gasteiger partial charge in [0.25, 0.3) is 0 Å². The first-order valence-electron chi connectivity index (χ1n) is 12.5. The molecule has 0 saturated carbocycles. The van der Waals surface area contributed by atoms with Gasteiger partial charge in [0, 0.05) is 25.0 Å². The SMILES string of the molecule is Cl.Cl.O=C(/C=C/c1cccnc1)NCCCCC1CCN(C(c2ccccc2)c2ccccc2)CC1. The van der Waals surface area contributed by atoms with E-state index >= 15 is 0 Å². The van der Waals surface area contributed by atoms with Crippen molar-refractivity contribution in [2.45, 2.75) is 38.1 Å². The van der Waals surface area contributed by atoms with E-state index in [0.717, 1.165) is 44.0 Å². The number of unbranched alkanes of at least 4 members (excludes halogenated alkanes) is 1. The predicted octanol–water partition coefficient (Wildman–Crippen LogP) is 6.73. The van der Waals surface area contributed by atoms with Crippen LogP contribution in [0, 0.1) is 5.92 Å². The molecule has 1 aliphatic heterocycles. The van der Waals surface area contributed by atoms with Crippen LogP contribution >= 0.6 is 24.8 Å². The van der Waals surface area contributed by atoms with E-state index < -0.39 is 0 Å². The third-order valence-corrected chi connectivity index (χ3v) is 6.69. The first-order chi connectivity index (χ1) is 16.8. The zero-order chi connectivity index (χ0) is 23.4. The van der Waals surface area contributed by atoms with Crippen molar-refractivity contribution in [3.05, 3.63) is 108 Å². The Hall–Kier alpha value is -2.66. The van der Waals surface area contributed by atoms with Crippen LogP contribution in [0.25, 0.3) is 6.08 Å². The molecule has 0 spiro atoms. The van der Waals surface area contributed by atoms with Gasteiger partial charge >= 0.3 is 0 Å². The summed E-state index contributed by atoms with van der Waals surface area (Å²) in [5.74, 6) is 0.745. The van der Waals surface area contributed by atoms with Gasteiger partial charge in [0.15, 0.2) is 0 Å². The molecule has 0 atom stereocenters. The van der Waals surface area contributed by atoms with Gasteiger partial charge in [-0.2, -0.15) is 0 Å². The highest BCUT2D eigenvalue weighted by atomic mass is 35.5. The van der Waals surface area contributed by atoms with Gasteiger partial charge in [0.05, 0.1) is 6.04 Å². The van der Waals surface area contributed by atoms with Crippen LogP contribution < -0.4 is 5.32 Å². The molecule has 1 N–H and O–H groups in total. The Morgan fingerprint density at radius 1 is 0.917 bits per heavy atom. The lowest BCUT2D eigenvalue weighted by Gasteiger charge is -2.38. The summed E-state index contributed by atoms with van der Waals surface area (Å²) in [5.41, 5.74) is 3.69. The van der Waals surface area contributed by atoms with E-state index in [-0.39, 0.29) is 30.7 Å². The Bertz CT molecular complexity index is 984. The molecule has 192 valence electrons. The van der Waals surface area contributed by atoms with Crippen molar-refractivity contribution in [3.8, 4) is 0 Å². The second kappa shape index (κ2) is 16.2. The monoisotopic (exact) mass is 525 g/mol. The van der Waals surface area contributed by atoms with Crippen molar-refractivity contribution in [1.29, 1.82) is 0 Å². The van der Waals surface area contributed by atoms with Crippen molar-refractivity contribution in [2.75, 3.05) is 19.6 Å². The van der Waals surface area contributed by atoms with E-state index in [4.69, 9.17) is 0 Å². The van der Waals surface area contributed by atoms with E-state index in [1.807, 2.05) is 12.1 Å². The smallest absolute Gasteiger partial charge is 0.243 e. The Kier molecular flexibility index (Phi) is 13.3. The molecule has 0 bridgehead atoms. The molecule has 0 radical (unpaired) electrons. The fourth-order valence-electron chi connectivity index (χ4n) is 4.86. The fraction of sp³-hybridized carbons (Fsp3) is 0.333. The van der Waals surface area contributed by atoms with Crippen molar-refractivity contribution in [3.63, 3.8) is 0 Å². The van der Waals surface area contributed by atoms with Gasteiger partial charge in [-0.1, -0.05) is 79.6 Å². The van der Waals surface area contributed by atoms with Gasteiger partial charge in [0.2, 0.25) is 5.91 Å². The number of amides is 1. The summed E-state index contributed by atoms with van der Waals surface area (Å²) >= 11 is 0. The predicted molar refractivity (Wildman–Crippen MR) is 154 cm³/mol. The first kappa shape index (κ1) is 29.6. The standard InChI is InChI=1S/C30H35N3O.2ClH/c34-29(17-16-26-11-9-20-31-24-26)32-21-8-7-10-25-18-22-33(23-19-25)30(27-12-3-1-4-13-27)28-14-5-2-6-15-28;;/h1-6,9,11-17,20,24-25,30H,7-8,10,18-19,21-23H2,(H,32,34);2*1H/b17-16+;;. The van der Waals surface area contributed by atoms with E-state index in [1.165, 1.54) is 30.4 Å². The van der Waals surface area contributed by atoms with Gasteiger partial charge in [-0.05, 0) is 67.1 Å². The molecule has 36 heavy (non-hydrogen) atoms. The van der Waals surface area contributed by atoms with Gasteiger partial charge in [-0.25, -0.2) is 0 Å². The van der Waals surface area contributed by atoms with Crippen molar-refractivity contribution in [2.24, 2.45) is 5.92 Å². The summed E-state index contributed by atoms with van der Waals surface area (Å²) in [6, 6.07) is 25.9. The Morgan fingerprint density at radius 3 is 2.14 bits per heavy atom. The van der Waals surface area contributed by atoms with Crippen LogP contribution in [-0.2, 0) is 4.79 Å². The zero-order valence-corrected chi connectivity index (χ0v) is 22.3. The van der Waals surface area contributed by atoms with Crippen LogP contribution in [0.1, 0.15) is 54.8 Å². The molecule has 1 saturated heterocycles. The minimum Gasteiger partial charge on any atom is -0.353 e. The molecule has 2 heterocycles. The molecular formula is C30H37Cl2N3O. The number of piperidine rings is 1. The van der Waals surface area contributed by atoms with Crippen LogP contribution in [-0.4, -0.2) is 35.4 Å². The minimum atomic E-state index is -0.0370. The molecule has 1 aliphatic rings. The topological polar surface area (TPSA) is 45.2 Å². The molecule has 1 amide bonds. The molecule has 2 aromatic carbocycles. The van der Waals surface area contributed by atoms with Crippen molar-refractivity contribution < 1.29 is 4.79 Å². The van der Waals surface area contributed by atoms with Gasteiger partial charge in [-0.15, -0.1) is 24.8 Å². The van der Waals surface area contributed by atoms with Crippen LogP contribution in [0.3, 0.4) is 0 Å². The lowest BCUT2D eigenvalue weighted by Crippen LogP contribution is -2.37. The van der Waals surface area contributed by atoms with E-state index in [2.05, 4.69) is 75.9 Å². The van der Waals surface area contributed by atoms with E-state index in [0.29, 0.717) is 6.04 Å². The summed E-state index contributed by atoms with van der Waals surface area (Å²) in [7, 11) is 0. The summed E-state index contributed by atoms with van der Waals surface area (Å²) in [5, 5.41) is 2.99. The molecule has 0 aliphatic carbocycles. The minimum absolute atomic E-state index is 0. The number of carbonyl (C=O) groups is 1. The van der Waals surface area contributed by atoms with Crippen LogP contribution in [0.15, 0.2) is 91.3 Å². The highest BCUT2D eigenvalue weighted by Crippen LogP contribution is 2.33. The maximum atomic E-state index is 12.0. The van der Waals surface area contributed by atoms with Crippen LogP contribution in [0.5, 0.6) is 0 Å². The van der Waals surface area contributed by atoms with Gasteiger partial charge in [0.1, 0.15) is 0 Å². The van der Waals surface area contributed by atoms with Crippen LogP contribution in [0.4, 0.5) is 0 Å². The summed E-state index contributed by atoms with van der Waals surface area (Å²) in [6.45, 7) is 3.00. The lowest BCUT2D eigenvalue weighted by molar-refractivity contribution is -0.116. The quantitative estimate of drug-likeness (QED) is 0.236. The maximum absolute atomic E-state index is 12.0. The fourth-order valence-corrected chi connectivity index (χ4v) is 4.86. The van der Waals surface area contributed by atoms with E-state index in [9.17, 15) is 4.79 Å². The molecule has 3 aromatic rings. The average Bonchev–Trinajstić information content (AvgIpc) is 2.90. The molecule has 4 rings (SSSR count). The largest absolute Gasteiger partial charge is 0.353 e. The molecule has 1 fully saturated rings. The van der Waals surface area contributed by atoms with Gasteiger partial charge in [-0.3, -0.25) is 14.7 Å². The number of pyridine rings is 1. The Labute approximate surface area is 228 Å². The second-order valence-electron chi connectivity index (χ2n) is 9.11. The number of carbonyl (C=O) groups excluding carboxylic acids is 1. The molecule has 0 unspecified atom stereocenters. The second-order valence-corrected chi connectivity index (χ2v) is 9.11. The van der Waals surface area contributed by atoms with Crippen molar-refractivity contribution >= 4 is 36.8 Å². The average molecular weight is 527 g/mol. The first-order valence-corrected chi connectivity index (χ1v) is 12.5. The summed E-state index contributed by atoms with van der Waals surface area (Å²) < 4.78 is 0. The third-order valence-electron chi connectivity index (χ3n) is 6.69. The normalized spacial score (nSPS) is 14.2. The zero-order valence-electron chi connectivity index (χ0n) is 20.7. The highest BCUT2D eigenvalue weighted by molar-refractivity contribution is 5.91. The number of benzene rings is 2. The Morgan fingerprint density at radius 2 is 1.56 bits per heavy atom. The number of nitrogens with one attached hydrogen (secondary N) is 1. The highest BCUT2D eigenvalue weighted by Gasteiger charge is 2.27. The Balaban J connectivity index is 0.00000228. The van der Waals surface area contributed by atoms with Gasteiger partial charge < -0.3 is 5.32 Å².